The number of aryl methyl sites for hydroxylation is 1. The largest absolute Gasteiger partial charge is 0.363 e. The second-order valence-corrected chi connectivity index (χ2v) is 8.22. The monoisotopic (exact) mass is 427 g/mol. The fourth-order valence-corrected chi connectivity index (χ4v) is 3.80. The second-order valence-electron chi connectivity index (χ2n) is 8.22. The summed E-state index contributed by atoms with van der Waals surface area (Å²) in [5.74, 6) is 1.11. The van der Waals surface area contributed by atoms with E-state index in [1.54, 1.807) is 31.0 Å². The Kier molecular flexibility index (Phi) is 7.20. The Hall–Kier alpha value is -3.03. The molecule has 7 nitrogen and oxygen atoms in total. The summed E-state index contributed by atoms with van der Waals surface area (Å²) in [6.45, 7) is 2.64. The highest BCUT2D eigenvalue weighted by Gasteiger charge is 2.31. The van der Waals surface area contributed by atoms with Crippen LogP contribution in [0.1, 0.15) is 49.3 Å². The number of nitrogens with zero attached hydrogens (tertiary/aromatic N) is 5. The lowest BCUT2D eigenvalue weighted by molar-refractivity contribution is -0.130. The van der Waals surface area contributed by atoms with Crippen molar-refractivity contribution in [2.75, 3.05) is 32.6 Å². The van der Waals surface area contributed by atoms with E-state index in [2.05, 4.69) is 4.98 Å². The number of halogens is 1. The number of aromatic nitrogens is 2. The van der Waals surface area contributed by atoms with Crippen molar-refractivity contribution in [2.45, 2.75) is 45.2 Å². The number of hydrogen-bond donors (Lipinski definition) is 0. The van der Waals surface area contributed by atoms with Gasteiger partial charge in [-0.25, -0.2) is 14.4 Å². The average Bonchev–Trinajstić information content (AvgIpc) is 3.23. The van der Waals surface area contributed by atoms with Gasteiger partial charge in [0, 0.05) is 47.1 Å². The molecule has 31 heavy (non-hydrogen) atoms. The van der Waals surface area contributed by atoms with Crippen molar-refractivity contribution in [3.63, 3.8) is 0 Å². The van der Waals surface area contributed by atoms with Gasteiger partial charge in [0.15, 0.2) is 5.82 Å². The molecule has 1 aromatic carbocycles. The van der Waals surface area contributed by atoms with Crippen LogP contribution in [0.5, 0.6) is 0 Å². The molecule has 1 saturated heterocycles. The Balaban J connectivity index is 1.72. The lowest BCUT2D eigenvalue weighted by Gasteiger charge is -2.24. The number of rotatable bonds is 7. The predicted octanol–water partition coefficient (Wildman–Crippen LogP) is 2.96. The number of hydrogen-bond acceptors (Lipinski definition) is 5. The van der Waals surface area contributed by atoms with Gasteiger partial charge < -0.3 is 14.7 Å². The molecule has 1 atom stereocenters. The Morgan fingerprint density at radius 2 is 1.87 bits per heavy atom. The minimum atomic E-state index is -0.283. The van der Waals surface area contributed by atoms with Crippen LogP contribution < -0.4 is 4.90 Å². The van der Waals surface area contributed by atoms with E-state index in [-0.39, 0.29) is 23.7 Å². The summed E-state index contributed by atoms with van der Waals surface area (Å²) in [5.41, 5.74) is 1.66. The molecule has 3 rings (SSSR count). The summed E-state index contributed by atoms with van der Waals surface area (Å²) in [6, 6.07) is 7.95. The van der Waals surface area contributed by atoms with Crippen molar-refractivity contribution in [1.29, 1.82) is 0 Å². The highest BCUT2D eigenvalue weighted by molar-refractivity contribution is 5.76. The first kappa shape index (κ1) is 22.7. The molecular formula is C23H30FN5O2. The molecule has 0 unspecified atom stereocenters. The number of anilines is 1. The summed E-state index contributed by atoms with van der Waals surface area (Å²) in [4.78, 5) is 39.4. The average molecular weight is 428 g/mol. The van der Waals surface area contributed by atoms with Gasteiger partial charge in [0.1, 0.15) is 11.6 Å². The number of likely N-dealkylation sites (tertiary alicyclic amines) is 1. The van der Waals surface area contributed by atoms with Crippen LogP contribution in [0.2, 0.25) is 0 Å². The highest BCUT2D eigenvalue weighted by atomic mass is 19.1. The van der Waals surface area contributed by atoms with Crippen LogP contribution in [0.25, 0.3) is 0 Å². The van der Waals surface area contributed by atoms with Gasteiger partial charge in [-0.3, -0.25) is 9.59 Å². The molecule has 0 saturated carbocycles. The normalized spacial score (nSPS) is 15.8. The molecule has 1 aromatic heterocycles. The van der Waals surface area contributed by atoms with Crippen LogP contribution in [0.3, 0.4) is 0 Å². The van der Waals surface area contributed by atoms with Crippen LogP contribution in [-0.4, -0.2) is 59.3 Å². The summed E-state index contributed by atoms with van der Waals surface area (Å²) in [6.07, 6.45) is 2.65. The first-order valence-electron chi connectivity index (χ1n) is 10.6. The van der Waals surface area contributed by atoms with E-state index in [9.17, 15) is 14.0 Å². The van der Waals surface area contributed by atoms with Crippen LogP contribution in [0.15, 0.2) is 30.3 Å². The van der Waals surface area contributed by atoms with Crippen LogP contribution in [0, 0.1) is 5.82 Å². The van der Waals surface area contributed by atoms with Gasteiger partial charge in [-0.1, -0.05) is 12.1 Å². The number of carbonyl (C=O) groups is 2. The zero-order valence-corrected chi connectivity index (χ0v) is 18.6. The summed E-state index contributed by atoms with van der Waals surface area (Å²) < 4.78 is 13.0. The Bertz CT molecular complexity index is 932. The Morgan fingerprint density at radius 3 is 2.52 bits per heavy atom. The van der Waals surface area contributed by atoms with Crippen molar-refractivity contribution in [1.82, 2.24) is 19.8 Å². The Labute approximate surface area is 182 Å². The van der Waals surface area contributed by atoms with E-state index in [4.69, 9.17) is 4.98 Å². The molecular weight excluding hydrogens is 397 g/mol. The molecule has 0 radical (unpaired) electrons. The number of benzene rings is 1. The third-order valence-corrected chi connectivity index (χ3v) is 5.56. The molecule has 0 aliphatic carbocycles. The van der Waals surface area contributed by atoms with Gasteiger partial charge >= 0.3 is 0 Å². The van der Waals surface area contributed by atoms with E-state index in [0.717, 1.165) is 29.9 Å². The molecule has 166 valence electrons. The molecule has 2 heterocycles. The molecule has 1 aliphatic heterocycles. The van der Waals surface area contributed by atoms with Gasteiger partial charge in [-0.2, -0.15) is 0 Å². The summed E-state index contributed by atoms with van der Waals surface area (Å²) in [7, 11) is 5.57. The zero-order chi connectivity index (χ0) is 22.5. The Morgan fingerprint density at radius 1 is 1.16 bits per heavy atom. The quantitative estimate of drug-likeness (QED) is 0.680. The van der Waals surface area contributed by atoms with E-state index in [1.807, 2.05) is 30.0 Å². The van der Waals surface area contributed by atoms with E-state index in [0.29, 0.717) is 31.8 Å². The zero-order valence-electron chi connectivity index (χ0n) is 18.6. The minimum absolute atomic E-state index is 0.0119. The molecule has 1 aliphatic rings. The van der Waals surface area contributed by atoms with Crippen molar-refractivity contribution in [3.05, 3.63) is 53.2 Å². The maximum Gasteiger partial charge on any atom is 0.222 e. The lowest BCUT2D eigenvalue weighted by Crippen LogP contribution is -2.31. The first-order chi connectivity index (χ1) is 14.7. The molecule has 2 amide bonds. The number of carbonyl (C=O) groups excluding carboxylic acids is 2. The van der Waals surface area contributed by atoms with Gasteiger partial charge in [0.05, 0.1) is 18.3 Å². The second kappa shape index (κ2) is 9.85. The smallest absolute Gasteiger partial charge is 0.222 e. The van der Waals surface area contributed by atoms with Crippen molar-refractivity contribution >= 4 is 17.6 Å². The third kappa shape index (κ3) is 5.77. The standard InChI is InChI=1S/C23H30FN5O2/c1-16(30)29-13-5-6-20(29)23-25-19(14-21(26-23)27(2)3)15-28(4)22(31)12-9-17-7-10-18(24)11-8-17/h7-8,10-11,14,20H,5-6,9,12-13,15H2,1-4H3/t20-/m0/s1. The van der Waals surface area contributed by atoms with Gasteiger partial charge in [-0.15, -0.1) is 0 Å². The van der Waals surface area contributed by atoms with Gasteiger partial charge in [0.2, 0.25) is 11.8 Å². The topological polar surface area (TPSA) is 69.6 Å². The maximum atomic E-state index is 13.0. The SMILES string of the molecule is CC(=O)N1CCC[C@H]1c1nc(CN(C)C(=O)CCc2ccc(F)cc2)cc(N(C)C)n1. The fraction of sp³-hybridized carbons (Fsp3) is 0.478. The van der Waals surface area contributed by atoms with E-state index in [1.165, 1.54) is 12.1 Å². The predicted molar refractivity (Wildman–Crippen MR) is 117 cm³/mol. The molecule has 1 fully saturated rings. The number of amides is 2. The molecule has 2 aromatic rings. The van der Waals surface area contributed by atoms with Crippen LogP contribution in [-0.2, 0) is 22.6 Å². The van der Waals surface area contributed by atoms with Crippen LogP contribution >= 0.6 is 0 Å². The molecule has 0 spiro atoms. The van der Waals surface area contributed by atoms with E-state index < -0.39 is 0 Å². The minimum Gasteiger partial charge on any atom is -0.363 e. The van der Waals surface area contributed by atoms with Gasteiger partial charge in [-0.05, 0) is 37.0 Å². The first-order valence-corrected chi connectivity index (χ1v) is 10.6. The highest BCUT2D eigenvalue weighted by Crippen LogP contribution is 2.31. The van der Waals surface area contributed by atoms with Crippen molar-refractivity contribution in [3.8, 4) is 0 Å². The lowest BCUT2D eigenvalue weighted by atomic mass is 10.1. The molecule has 0 N–H and O–H groups in total. The molecule has 8 heteroatoms. The van der Waals surface area contributed by atoms with E-state index >= 15 is 0 Å². The fourth-order valence-electron chi connectivity index (χ4n) is 3.80. The van der Waals surface area contributed by atoms with Crippen molar-refractivity contribution < 1.29 is 14.0 Å². The van der Waals surface area contributed by atoms with Crippen molar-refractivity contribution in [2.24, 2.45) is 0 Å². The third-order valence-electron chi connectivity index (χ3n) is 5.56. The van der Waals surface area contributed by atoms with Crippen LogP contribution in [0.4, 0.5) is 10.2 Å². The molecule has 0 bridgehead atoms. The summed E-state index contributed by atoms with van der Waals surface area (Å²) >= 11 is 0. The maximum absolute atomic E-state index is 13.0. The van der Waals surface area contributed by atoms with Gasteiger partial charge in [0.25, 0.3) is 0 Å². The summed E-state index contributed by atoms with van der Waals surface area (Å²) in [5, 5.41) is 0.